The second-order valence-corrected chi connectivity index (χ2v) is 5.25. The number of nitrogens with zero attached hydrogens (tertiary/aromatic N) is 1. The van der Waals surface area contributed by atoms with Crippen LogP contribution in [-0.4, -0.2) is 48.8 Å². The van der Waals surface area contributed by atoms with Crippen molar-refractivity contribution in [2.24, 2.45) is 5.92 Å². The maximum absolute atomic E-state index is 12.4. The molecule has 6 nitrogen and oxygen atoms in total. The zero-order valence-corrected chi connectivity index (χ0v) is 12.7. The number of hydrogen-bond acceptors (Lipinski definition) is 4. The van der Waals surface area contributed by atoms with Gasteiger partial charge in [0.2, 0.25) is 11.8 Å². The van der Waals surface area contributed by atoms with Crippen LogP contribution in [0.2, 0.25) is 0 Å². The van der Waals surface area contributed by atoms with E-state index in [0.717, 1.165) is 5.56 Å². The van der Waals surface area contributed by atoms with Crippen molar-refractivity contribution in [3.63, 3.8) is 0 Å². The first-order valence-electron chi connectivity index (χ1n) is 7.21. The standard InChI is InChI=1S/C16H20N2O4/c1-11-14(19)13(15(20)17-8-9-22-2)16(21)18(11)10-12-6-4-3-5-7-12/h3-7,11,13H,8-10H2,1-2H3,(H,17,20). The van der Waals surface area contributed by atoms with Crippen molar-refractivity contribution >= 4 is 17.6 Å². The Kier molecular flexibility index (Phi) is 5.27. The van der Waals surface area contributed by atoms with Crippen LogP contribution in [0, 0.1) is 5.92 Å². The molecule has 0 saturated carbocycles. The van der Waals surface area contributed by atoms with Gasteiger partial charge in [-0.1, -0.05) is 30.3 Å². The van der Waals surface area contributed by atoms with E-state index < -0.39 is 23.8 Å². The molecule has 2 rings (SSSR count). The van der Waals surface area contributed by atoms with Gasteiger partial charge in [-0.25, -0.2) is 0 Å². The Balaban J connectivity index is 2.07. The van der Waals surface area contributed by atoms with Gasteiger partial charge in [0.05, 0.1) is 12.6 Å². The number of benzene rings is 1. The van der Waals surface area contributed by atoms with Gasteiger partial charge in [0.25, 0.3) is 0 Å². The Hall–Kier alpha value is -2.21. The number of Topliss-reactive ketones (excluding diaryl/α,β-unsaturated/α-hetero) is 1. The van der Waals surface area contributed by atoms with E-state index in [-0.39, 0.29) is 12.3 Å². The van der Waals surface area contributed by atoms with Gasteiger partial charge in [0, 0.05) is 20.2 Å². The predicted molar refractivity (Wildman–Crippen MR) is 79.8 cm³/mol. The van der Waals surface area contributed by atoms with Crippen LogP contribution in [0.4, 0.5) is 0 Å². The van der Waals surface area contributed by atoms with Gasteiger partial charge < -0.3 is 15.0 Å². The van der Waals surface area contributed by atoms with E-state index >= 15 is 0 Å². The monoisotopic (exact) mass is 304 g/mol. The summed E-state index contributed by atoms with van der Waals surface area (Å²) in [6.45, 7) is 2.60. The zero-order chi connectivity index (χ0) is 16.1. The molecule has 118 valence electrons. The normalized spacial score (nSPS) is 21.3. The summed E-state index contributed by atoms with van der Waals surface area (Å²) in [5, 5.41) is 2.56. The van der Waals surface area contributed by atoms with E-state index in [4.69, 9.17) is 4.74 Å². The summed E-state index contributed by atoms with van der Waals surface area (Å²) in [6.07, 6.45) is 0. The highest BCUT2D eigenvalue weighted by Crippen LogP contribution is 2.23. The third kappa shape index (κ3) is 3.33. The van der Waals surface area contributed by atoms with Crippen LogP contribution in [0.3, 0.4) is 0 Å². The number of carbonyl (C=O) groups excluding carboxylic acids is 3. The first-order chi connectivity index (χ1) is 10.6. The summed E-state index contributed by atoms with van der Waals surface area (Å²) in [7, 11) is 1.52. The lowest BCUT2D eigenvalue weighted by molar-refractivity contribution is -0.140. The average molecular weight is 304 g/mol. The Morgan fingerprint density at radius 2 is 1.95 bits per heavy atom. The van der Waals surface area contributed by atoms with Gasteiger partial charge in [-0.3, -0.25) is 14.4 Å². The maximum Gasteiger partial charge on any atom is 0.243 e. The van der Waals surface area contributed by atoms with Crippen LogP contribution in [0.25, 0.3) is 0 Å². The number of likely N-dealkylation sites (tertiary alicyclic amines) is 1. The first-order valence-corrected chi connectivity index (χ1v) is 7.21. The largest absolute Gasteiger partial charge is 0.383 e. The summed E-state index contributed by atoms with van der Waals surface area (Å²) in [5.74, 6) is -2.57. The summed E-state index contributed by atoms with van der Waals surface area (Å²) in [4.78, 5) is 38.2. The molecular weight excluding hydrogens is 284 g/mol. The summed E-state index contributed by atoms with van der Waals surface area (Å²) in [5.41, 5.74) is 0.927. The lowest BCUT2D eigenvalue weighted by Crippen LogP contribution is -2.39. The molecule has 1 aliphatic heterocycles. The molecule has 1 saturated heterocycles. The molecule has 0 aliphatic carbocycles. The van der Waals surface area contributed by atoms with Crippen molar-refractivity contribution in [3.05, 3.63) is 35.9 Å². The third-order valence-corrected chi connectivity index (χ3v) is 3.76. The predicted octanol–water partition coefficient (Wildman–Crippen LogP) is 0.365. The molecule has 1 aromatic rings. The molecule has 6 heteroatoms. The van der Waals surface area contributed by atoms with E-state index in [9.17, 15) is 14.4 Å². The molecule has 2 atom stereocenters. The molecule has 1 fully saturated rings. The van der Waals surface area contributed by atoms with Crippen LogP contribution in [-0.2, 0) is 25.7 Å². The fourth-order valence-corrected chi connectivity index (χ4v) is 2.49. The molecule has 2 amide bonds. The molecule has 1 N–H and O–H groups in total. The number of hydrogen-bond donors (Lipinski definition) is 1. The van der Waals surface area contributed by atoms with Gasteiger partial charge >= 0.3 is 0 Å². The molecule has 0 radical (unpaired) electrons. The van der Waals surface area contributed by atoms with E-state index in [0.29, 0.717) is 13.2 Å². The van der Waals surface area contributed by atoms with Crippen LogP contribution in [0.5, 0.6) is 0 Å². The number of ketones is 1. The van der Waals surface area contributed by atoms with Gasteiger partial charge in [0.15, 0.2) is 11.7 Å². The van der Waals surface area contributed by atoms with E-state index in [2.05, 4.69) is 5.32 Å². The van der Waals surface area contributed by atoms with Gasteiger partial charge in [-0.2, -0.15) is 0 Å². The van der Waals surface area contributed by atoms with Crippen LogP contribution >= 0.6 is 0 Å². The van der Waals surface area contributed by atoms with Gasteiger partial charge in [-0.05, 0) is 12.5 Å². The number of amides is 2. The summed E-state index contributed by atoms with van der Waals surface area (Å²) < 4.78 is 4.83. The van der Waals surface area contributed by atoms with Gasteiger partial charge in [0.1, 0.15) is 0 Å². The highest BCUT2D eigenvalue weighted by atomic mass is 16.5. The molecule has 1 heterocycles. The molecule has 2 unspecified atom stereocenters. The Morgan fingerprint density at radius 3 is 2.59 bits per heavy atom. The fraction of sp³-hybridized carbons (Fsp3) is 0.438. The van der Waals surface area contributed by atoms with Gasteiger partial charge in [-0.15, -0.1) is 0 Å². The quantitative estimate of drug-likeness (QED) is 0.608. The lowest BCUT2D eigenvalue weighted by atomic mass is 10.0. The minimum absolute atomic E-state index is 0.277. The maximum atomic E-state index is 12.4. The second-order valence-electron chi connectivity index (χ2n) is 5.25. The third-order valence-electron chi connectivity index (χ3n) is 3.76. The lowest BCUT2D eigenvalue weighted by Gasteiger charge is -2.20. The Labute approximate surface area is 129 Å². The van der Waals surface area contributed by atoms with Crippen molar-refractivity contribution in [3.8, 4) is 0 Å². The van der Waals surface area contributed by atoms with Crippen molar-refractivity contribution in [1.82, 2.24) is 10.2 Å². The average Bonchev–Trinajstić information content (AvgIpc) is 2.72. The smallest absolute Gasteiger partial charge is 0.243 e. The Bertz CT molecular complexity index is 559. The highest BCUT2D eigenvalue weighted by molar-refractivity contribution is 6.23. The van der Waals surface area contributed by atoms with Crippen molar-refractivity contribution in [2.75, 3.05) is 20.3 Å². The molecule has 1 aromatic carbocycles. The van der Waals surface area contributed by atoms with Crippen molar-refractivity contribution in [1.29, 1.82) is 0 Å². The summed E-state index contributed by atoms with van der Waals surface area (Å²) in [6, 6.07) is 8.81. The van der Waals surface area contributed by atoms with Crippen LogP contribution < -0.4 is 5.32 Å². The van der Waals surface area contributed by atoms with E-state index in [1.165, 1.54) is 12.0 Å². The van der Waals surface area contributed by atoms with Crippen LogP contribution in [0.15, 0.2) is 30.3 Å². The van der Waals surface area contributed by atoms with Crippen molar-refractivity contribution in [2.45, 2.75) is 19.5 Å². The zero-order valence-electron chi connectivity index (χ0n) is 12.7. The topological polar surface area (TPSA) is 75.7 Å². The highest BCUT2D eigenvalue weighted by Gasteiger charge is 2.48. The van der Waals surface area contributed by atoms with E-state index in [1.807, 2.05) is 30.3 Å². The number of methoxy groups -OCH3 is 1. The minimum atomic E-state index is -1.24. The molecule has 1 aliphatic rings. The number of nitrogens with one attached hydrogen (secondary N) is 1. The number of ether oxygens (including phenoxy) is 1. The molecular formula is C16H20N2O4. The molecule has 0 bridgehead atoms. The minimum Gasteiger partial charge on any atom is -0.383 e. The molecule has 22 heavy (non-hydrogen) atoms. The summed E-state index contributed by atoms with van der Waals surface area (Å²) >= 11 is 0. The van der Waals surface area contributed by atoms with E-state index in [1.54, 1.807) is 6.92 Å². The number of rotatable bonds is 6. The van der Waals surface area contributed by atoms with Crippen LogP contribution in [0.1, 0.15) is 12.5 Å². The van der Waals surface area contributed by atoms with Crippen molar-refractivity contribution < 1.29 is 19.1 Å². The molecule has 0 spiro atoms. The fourth-order valence-electron chi connectivity index (χ4n) is 2.49. The number of carbonyl (C=O) groups is 3. The first kappa shape index (κ1) is 16.2. The Morgan fingerprint density at radius 1 is 1.27 bits per heavy atom. The second kappa shape index (κ2) is 7.17. The molecule has 0 aromatic heterocycles. The SMILES string of the molecule is COCCNC(=O)C1C(=O)C(C)N(Cc2ccccc2)C1=O.